The molecule has 0 aromatic carbocycles. The van der Waals surface area contributed by atoms with E-state index in [4.69, 9.17) is 16.2 Å². The molecule has 4 N–H and O–H groups in total. The van der Waals surface area contributed by atoms with Crippen molar-refractivity contribution in [2.24, 2.45) is 5.92 Å². The predicted molar refractivity (Wildman–Crippen MR) is 69.9 cm³/mol. The summed E-state index contributed by atoms with van der Waals surface area (Å²) in [6, 6.07) is 0. The molecular weight excluding hydrogens is 296 g/mol. The average molecular weight is 315 g/mol. The number of carbonyl (C=O) groups is 1. The Kier molecular flexibility index (Phi) is 6.48. The molecule has 0 aromatic heterocycles. The molecule has 3 atom stereocenters. The molecule has 1 rings (SSSR count). The highest BCUT2D eigenvalue weighted by molar-refractivity contribution is 7.85. The number of aliphatic hydroxyl groups is 1. The molecule has 1 aliphatic rings. The number of hydrogen-bond acceptors (Lipinski definition) is 5. The Morgan fingerprint density at radius 1 is 1.21 bits per heavy atom. The van der Waals surface area contributed by atoms with Crippen molar-refractivity contribution in [3.8, 4) is 0 Å². The van der Waals surface area contributed by atoms with E-state index in [-0.39, 0.29) is 11.7 Å². The Bertz CT molecular complexity index is 403. The largest absolute Gasteiger partial charge is 0.361 e. The number of halogens is 1. The number of nitrogens with one attached hydrogen (secondary N) is 2. The Balaban J connectivity index is 2.17. The second-order valence-electron chi connectivity index (χ2n) is 4.57. The third-order valence-corrected chi connectivity index (χ3v) is 4.19. The van der Waals surface area contributed by atoms with Gasteiger partial charge >= 0.3 is 0 Å². The first-order valence-corrected chi connectivity index (χ1v) is 8.18. The van der Waals surface area contributed by atoms with E-state index in [1.807, 2.05) is 0 Å². The lowest BCUT2D eigenvalue weighted by Gasteiger charge is -2.31. The minimum Gasteiger partial charge on any atom is -0.361 e. The summed E-state index contributed by atoms with van der Waals surface area (Å²) in [5.41, 5.74) is -0.610. The van der Waals surface area contributed by atoms with Gasteiger partial charge in [0.15, 0.2) is 6.35 Å². The fraction of sp³-hybridized carbons (Fsp3) is 0.900. The number of carbonyl (C=O) groups excluding carboxylic acids is 1. The Morgan fingerprint density at radius 2 is 1.84 bits per heavy atom. The van der Waals surface area contributed by atoms with Crippen molar-refractivity contribution < 1.29 is 22.9 Å². The zero-order chi connectivity index (χ0) is 14.5. The zero-order valence-corrected chi connectivity index (χ0v) is 12.0. The van der Waals surface area contributed by atoms with Gasteiger partial charge in [-0.3, -0.25) is 14.7 Å². The van der Waals surface area contributed by atoms with Crippen LogP contribution >= 0.6 is 11.6 Å². The molecule has 7 nitrogen and oxygen atoms in total. The van der Waals surface area contributed by atoms with Gasteiger partial charge in [-0.25, -0.2) is 0 Å². The number of alkyl halides is 1. The quantitative estimate of drug-likeness (QED) is 0.227. The van der Waals surface area contributed by atoms with Gasteiger partial charge in [0, 0.05) is 0 Å². The van der Waals surface area contributed by atoms with Crippen molar-refractivity contribution in [3.05, 3.63) is 0 Å². The van der Waals surface area contributed by atoms with Crippen LogP contribution < -0.4 is 10.6 Å². The number of amides is 1. The molecular formula is C10H19ClN2O5S. The Labute approximate surface area is 117 Å². The number of rotatable bonds is 7. The molecule has 1 heterocycles. The molecule has 3 unspecified atom stereocenters. The first kappa shape index (κ1) is 16.6. The highest BCUT2D eigenvalue weighted by Gasteiger charge is 2.33. The fourth-order valence-corrected chi connectivity index (χ4v) is 2.89. The maximum Gasteiger partial charge on any atom is 0.264 e. The van der Waals surface area contributed by atoms with Crippen LogP contribution in [0.1, 0.15) is 32.1 Å². The first-order valence-electron chi connectivity index (χ1n) is 6.13. The van der Waals surface area contributed by atoms with Crippen LogP contribution in [-0.2, 0) is 14.9 Å². The molecule has 0 radical (unpaired) electrons. The minimum atomic E-state index is -3.88. The van der Waals surface area contributed by atoms with E-state index in [9.17, 15) is 18.3 Å². The van der Waals surface area contributed by atoms with Crippen LogP contribution in [0.4, 0.5) is 0 Å². The molecule has 19 heavy (non-hydrogen) atoms. The minimum absolute atomic E-state index is 0.233. The molecule has 0 bridgehead atoms. The van der Waals surface area contributed by atoms with Crippen molar-refractivity contribution >= 4 is 27.6 Å². The van der Waals surface area contributed by atoms with Crippen LogP contribution in [0, 0.1) is 5.92 Å². The van der Waals surface area contributed by atoms with Gasteiger partial charge in [0.2, 0.25) is 5.91 Å². The summed E-state index contributed by atoms with van der Waals surface area (Å²) in [4.78, 5) is 11.6. The third-order valence-electron chi connectivity index (χ3n) is 2.95. The van der Waals surface area contributed by atoms with Gasteiger partial charge in [-0.1, -0.05) is 19.3 Å². The molecule has 1 aliphatic heterocycles. The van der Waals surface area contributed by atoms with Crippen molar-refractivity contribution in [2.75, 3.05) is 5.75 Å². The van der Waals surface area contributed by atoms with Crippen molar-refractivity contribution in [1.82, 2.24) is 10.6 Å². The molecule has 0 aliphatic carbocycles. The van der Waals surface area contributed by atoms with Gasteiger partial charge in [0.25, 0.3) is 10.1 Å². The standard InChI is InChI=1S/C10H19ClN2O5S/c11-8-7(9(14)13-10(15)12-8)5-3-1-2-4-6-19(16,17)18/h7-8,10,12,15H,1-6H2,(H,13,14)(H,16,17,18). The second kappa shape index (κ2) is 7.39. The molecule has 9 heteroatoms. The molecule has 0 spiro atoms. The van der Waals surface area contributed by atoms with Gasteiger partial charge < -0.3 is 10.4 Å². The Morgan fingerprint density at radius 3 is 2.42 bits per heavy atom. The summed E-state index contributed by atoms with van der Waals surface area (Å²) in [6.45, 7) is 0. The van der Waals surface area contributed by atoms with Crippen LogP contribution in [0.2, 0.25) is 0 Å². The monoisotopic (exact) mass is 314 g/mol. The first-order chi connectivity index (χ1) is 8.79. The number of hydrogen-bond donors (Lipinski definition) is 4. The van der Waals surface area contributed by atoms with E-state index in [0.717, 1.165) is 12.8 Å². The fourth-order valence-electron chi connectivity index (χ4n) is 1.96. The van der Waals surface area contributed by atoms with Gasteiger partial charge in [-0.2, -0.15) is 8.42 Å². The molecule has 1 saturated heterocycles. The lowest BCUT2D eigenvalue weighted by molar-refractivity contribution is -0.133. The second-order valence-corrected chi connectivity index (χ2v) is 6.62. The van der Waals surface area contributed by atoms with Crippen LogP contribution in [0.5, 0.6) is 0 Å². The highest BCUT2D eigenvalue weighted by Crippen LogP contribution is 2.20. The average Bonchev–Trinajstić information content (AvgIpc) is 2.24. The summed E-state index contributed by atoms with van der Waals surface area (Å²) >= 11 is 5.93. The maximum atomic E-state index is 11.6. The smallest absolute Gasteiger partial charge is 0.264 e. The van der Waals surface area contributed by atoms with Gasteiger partial charge in [-0.05, 0) is 12.8 Å². The summed E-state index contributed by atoms with van der Waals surface area (Å²) in [7, 11) is -3.88. The van der Waals surface area contributed by atoms with Crippen molar-refractivity contribution in [2.45, 2.75) is 44.0 Å². The topological polar surface area (TPSA) is 116 Å². The van der Waals surface area contributed by atoms with Crippen LogP contribution in [0.15, 0.2) is 0 Å². The van der Waals surface area contributed by atoms with Gasteiger partial charge in [0.1, 0.15) is 0 Å². The normalized spacial score (nSPS) is 28.2. The van der Waals surface area contributed by atoms with E-state index < -0.39 is 27.9 Å². The maximum absolute atomic E-state index is 11.6. The lowest BCUT2D eigenvalue weighted by Crippen LogP contribution is -2.59. The number of unbranched alkanes of at least 4 members (excludes halogenated alkanes) is 3. The van der Waals surface area contributed by atoms with Crippen molar-refractivity contribution in [1.29, 1.82) is 0 Å². The predicted octanol–water partition coefficient (Wildman–Crippen LogP) is 0.00110. The molecule has 1 fully saturated rings. The van der Waals surface area contributed by atoms with E-state index in [2.05, 4.69) is 10.6 Å². The van der Waals surface area contributed by atoms with Gasteiger partial charge in [0.05, 0.1) is 17.2 Å². The summed E-state index contributed by atoms with van der Waals surface area (Å²) in [6.07, 6.45) is 2.00. The number of aliphatic hydroxyl groups excluding tert-OH is 1. The Hall–Kier alpha value is -0.410. The van der Waals surface area contributed by atoms with E-state index in [1.165, 1.54) is 0 Å². The van der Waals surface area contributed by atoms with Crippen LogP contribution in [0.25, 0.3) is 0 Å². The lowest BCUT2D eigenvalue weighted by atomic mass is 9.98. The van der Waals surface area contributed by atoms with Crippen molar-refractivity contribution in [3.63, 3.8) is 0 Å². The zero-order valence-electron chi connectivity index (χ0n) is 10.4. The van der Waals surface area contributed by atoms with E-state index >= 15 is 0 Å². The van der Waals surface area contributed by atoms with E-state index in [1.54, 1.807) is 0 Å². The van der Waals surface area contributed by atoms with Gasteiger partial charge in [-0.15, -0.1) is 11.6 Å². The molecule has 112 valence electrons. The summed E-state index contributed by atoms with van der Waals surface area (Å²) in [5.74, 6) is -0.932. The van der Waals surface area contributed by atoms with E-state index in [0.29, 0.717) is 19.3 Å². The molecule has 0 aromatic rings. The van der Waals surface area contributed by atoms with Crippen LogP contribution in [0.3, 0.4) is 0 Å². The van der Waals surface area contributed by atoms with Crippen LogP contribution in [-0.4, -0.2) is 41.6 Å². The molecule has 1 amide bonds. The summed E-state index contributed by atoms with van der Waals surface area (Å²) in [5, 5.41) is 14.1. The SMILES string of the molecule is O=C1NC(O)NC(Cl)C1CCCCCCS(=O)(=O)O. The third kappa shape index (κ3) is 6.53. The summed E-state index contributed by atoms with van der Waals surface area (Å²) < 4.78 is 29.5. The molecule has 0 saturated carbocycles. The highest BCUT2D eigenvalue weighted by atomic mass is 35.5.